The smallest absolute Gasteiger partial charge is 0.168 e. The number of rotatable bonds is 3. The van der Waals surface area contributed by atoms with Crippen molar-refractivity contribution in [2.45, 2.75) is 13.3 Å². The van der Waals surface area contributed by atoms with Crippen molar-refractivity contribution in [3.05, 3.63) is 50.9 Å². The highest BCUT2D eigenvalue weighted by atomic mass is 35.5. The lowest BCUT2D eigenvalue weighted by Crippen LogP contribution is -2.03. The molecule has 0 aliphatic carbocycles. The molecular formula is C12H10ClNOS. The molecule has 82 valence electrons. The molecule has 0 unspecified atom stereocenters. The van der Waals surface area contributed by atoms with Crippen LogP contribution in [0.4, 0.5) is 0 Å². The van der Waals surface area contributed by atoms with E-state index in [4.69, 9.17) is 11.6 Å². The number of aromatic nitrogens is 1. The number of carbonyl (C=O) groups is 1. The van der Waals surface area contributed by atoms with Gasteiger partial charge in [-0.05, 0) is 19.1 Å². The molecule has 16 heavy (non-hydrogen) atoms. The fourth-order valence-electron chi connectivity index (χ4n) is 1.42. The Morgan fingerprint density at radius 1 is 1.50 bits per heavy atom. The summed E-state index contributed by atoms with van der Waals surface area (Å²) in [5, 5.41) is 3.48. The molecule has 0 bridgehead atoms. The van der Waals surface area contributed by atoms with Crippen LogP contribution in [0, 0.1) is 6.92 Å². The molecule has 2 rings (SSSR count). The van der Waals surface area contributed by atoms with E-state index in [1.807, 2.05) is 12.3 Å². The van der Waals surface area contributed by atoms with Gasteiger partial charge in [-0.2, -0.15) is 0 Å². The predicted octanol–water partition coefficient (Wildman–Crippen LogP) is 3.53. The topological polar surface area (TPSA) is 30.0 Å². The van der Waals surface area contributed by atoms with Gasteiger partial charge in [0.25, 0.3) is 0 Å². The van der Waals surface area contributed by atoms with Crippen molar-refractivity contribution in [3.63, 3.8) is 0 Å². The molecule has 0 saturated carbocycles. The highest BCUT2D eigenvalue weighted by Gasteiger charge is 2.09. The Balaban J connectivity index is 2.14. The van der Waals surface area contributed by atoms with Crippen LogP contribution in [-0.2, 0) is 6.42 Å². The maximum atomic E-state index is 11.9. The van der Waals surface area contributed by atoms with Crippen molar-refractivity contribution in [1.82, 2.24) is 4.98 Å². The van der Waals surface area contributed by atoms with Gasteiger partial charge in [0, 0.05) is 16.0 Å². The summed E-state index contributed by atoms with van der Waals surface area (Å²) in [5.74, 6) is 0.0489. The summed E-state index contributed by atoms with van der Waals surface area (Å²) in [6.07, 6.45) is 0.338. The van der Waals surface area contributed by atoms with Crippen molar-refractivity contribution >= 4 is 28.7 Å². The van der Waals surface area contributed by atoms with Crippen LogP contribution in [0.2, 0.25) is 5.02 Å². The van der Waals surface area contributed by atoms with Crippen LogP contribution < -0.4 is 0 Å². The summed E-state index contributed by atoms with van der Waals surface area (Å²) in [5.41, 5.74) is 1.46. The lowest BCUT2D eigenvalue weighted by Gasteiger charge is -1.99. The fraction of sp³-hybridized carbons (Fsp3) is 0.167. The van der Waals surface area contributed by atoms with Crippen molar-refractivity contribution in [3.8, 4) is 0 Å². The van der Waals surface area contributed by atoms with E-state index in [2.05, 4.69) is 4.98 Å². The molecule has 0 aliphatic rings. The summed E-state index contributed by atoms with van der Waals surface area (Å²) in [7, 11) is 0. The molecule has 4 heteroatoms. The zero-order valence-electron chi connectivity index (χ0n) is 8.74. The molecule has 0 saturated heterocycles. The van der Waals surface area contributed by atoms with Crippen LogP contribution in [0.5, 0.6) is 0 Å². The summed E-state index contributed by atoms with van der Waals surface area (Å²) in [6, 6.07) is 6.99. The third kappa shape index (κ3) is 2.68. The Hall–Kier alpha value is -1.19. The van der Waals surface area contributed by atoms with Gasteiger partial charge in [0.2, 0.25) is 0 Å². The molecule has 0 fully saturated rings. The van der Waals surface area contributed by atoms with Crippen LogP contribution in [0.15, 0.2) is 29.6 Å². The molecule has 1 heterocycles. The molecular weight excluding hydrogens is 242 g/mol. The number of aryl methyl sites for hydroxylation is 1. The van der Waals surface area contributed by atoms with Crippen molar-refractivity contribution in [1.29, 1.82) is 0 Å². The van der Waals surface area contributed by atoms with Crippen molar-refractivity contribution < 1.29 is 4.79 Å². The predicted molar refractivity (Wildman–Crippen MR) is 66.3 cm³/mol. The lowest BCUT2D eigenvalue weighted by molar-refractivity contribution is 0.0992. The average Bonchev–Trinajstić information content (AvgIpc) is 2.64. The van der Waals surface area contributed by atoms with E-state index in [0.717, 1.165) is 10.7 Å². The maximum Gasteiger partial charge on any atom is 0.168 e. The minimum Gasteiger partial charge on any atom is -0.294 e. The molecule has 0 amide bonds. The number of ketones is 1. The first kappa shape index (κ1) is 11.3. The molecule has 0 N–H and O–H groups in total. The number of thiazole rings is 1. The van der Waals surface area contributed by atoms with Crippen LogP contribution in [0.3, 0.4) is 0 Å². The molecule has 2 nitrogen and oxygen atoms in total. The van der Waals surface area contributed by atoms with Gasteiger partial charge in [-0.1, -0.05) is 23.7 Å². The maximum absolute atomic E-state index is 11.9. The number of hydrogen-bond acceptors (Lipinski definition) is 3. The molecule has 1 aromatic carbocycles. The zero-order valence-corrected chi connectivity index (χ0v) is 10.3. The van der Waals surface area contributed by atoms with Gasteiger partial charge >= 0.3 is 0 Å². The lowest BCUT2D eigenvalue weighted by atomic mass is 10.1. The number of Topliss-reactive ketones (excluding diaryl/α,β-unsaturated/α-hetero) is 1. The second-order valence-corrected chi connectivity index (χ2v) is 4.97. The second kappa shape index (κ2) is 4.76. The Bertz CT molecular complexity index is 521. The molecule has 1 aromatic heterocycles. The summed E-state index contributed by atoms with van der Waals surface area (Å²) in [4.78, 5) is 16.1. The van der Waals surface area contributed by atoms with E-state index in [1.54, 1.807) is 35.6 Å². The molecule has 0 atom stereocenters. The van der Waals surface area contributed by atoms with E-state index >= 15 is 0 Å². The van der Waals surface area contributed by atoms with Gasteiger partial charge in [0.1, 0.15) is 0 Å². The largest absolute Gasteiger partial charge is 0.294 e. The SMILES string of the molecule is Cc1nc(CC(=O)c2cccc(Cl)c2)cs1. The first-order valence-electron chi connectivity index (χ1n) is 4.85. The third-order valence-corrected chi connectivity index (χ3v) is 3.21. The van der Waals surface area contributed by atoms with Crippen LogP contribution in [-0.4, -0.2) is 10.8 Å². The average molecular weight is 252 g/mol. The Morgan fingerprint density at radius 2 is 2.31 bits per heavy atom. The minimum absolute atomic E-state index is 0.0489. The molecule has 0 spiro atoms. The summed E-state index contributed by atoms with van der Waals surface area (Å²) < 4.78 is 0. The first-order valence-corrected chi connectivity index (χ1v) is 6.10. The van der Waals surface area contributed by atoms with Crippen molar-refractivity contribution in [2.75, 3.05) is 0 Å². The highest BCUT2D eigenvalue weighted by molar-refractivity contribution is 7.09. The van der Waals surface area contributed by atoms with Crippen LogP contribution in [0.25, 0.3) is 0 Å². The molecule has 0 radical (unpaired) electrons. The van der Waals surface area contributed by atoms with E-state index in [1.165, 1.54) is 0 Å². The van der Waals surface area contributed by atoms with Gasteiger partial charge in [-0.3, -0.25) is 4.79 Å². The summed E-state index contributed by atoms with van der Waals surface area (Å²) in [6.45, 7) is 1.93. The number of halogens is 1. The van der Waals surface area contributed by atoms with Crippen LogP contribution >= 0.6 is 22.9 Å². The van der Waals surface area contributed by atoms with E-state index in [-0.39, 0.29) is 5.78 Å². The monoisotopic (exact) mass is 251 g/mol. The Kier molecular flexibility index (Phi) is 3.36. The minimum atomic E-state index is 0.0489. The van der Waals surface area contributed by atoms with Gasteiger partial charge in [0.05, 0.1) is 17.1 Å². The van der Waals surface area contributed by atoms with Gasteiger partial charge < -0.3 is 0 Å². The molecule has 0 aliphatic heterocycles. The van der Waals surface area contributed by atoms with Gasteiger partial charge in [-0.15, -0.1) is 11.3 Å². The fourth-order valence-corrected chi connectivity index (χ4v) is 2.22. The van der Waals surface area contributed by atoms with Crippen molar-refractivity contribution in [2.24, 2.45) is 0 Å². The number of hydrogen-bond donors (Lipinski definition) is 0. The van der Waals surface area contributed by atoms with E-state index < -0.39 is 0 Å². The Labute approximate surface area is 103 Å². The normalized spacial score (nSPS) is 10.4. The summed E-state index contributed by atoms with van der Waals surface area (Å²) >= 11 is 7.39. The standard InChI is InChI=1S/C12H10ClNOS/c1-8-14-11(7-16-8)6-12(15)9-3-2-4-10(13)5-9/h2-5,7H,6H2,1H3. The van der Waals surface area contributed by atoms with E-state index in [9.17, 15) is 4.79 Å². The number of nitrogens with zero attached hydrogens (tertiary/aromatic N) is 1. The first-order chi connectivity index (χ1) is 7.65. The molecule has 2 aromatic rings. The van der Waals surface area contributed by atoms with Gasteiger partial charge in [-0.25, -0.2) is 4.98 Å². The number of carbonyl (C=O) groups excluding carboxylic acids is 1. The van der Waals surface area contributed by atoms with E-state index in [0.29, 0.717) is 17.0 Å². The Morgan fingerprint density at radius 3 is 2.94 bits per heavy atom. The quantitative estimate of drug-likeness (QED) is 0.781. The van der Waals surface area contributed by atoms with Gasteiger partial charge in [0.15, 0.2) is 5.78 Å². The second-order valence-electron chi connectivity index (χ2n) is 3.47. The third-order valence-electron chi connectivity index (χ3n) is 2.15. The zero-order chi connectivity index (χ0) is 11.5. The van der Waals surface area contributed by atoms with Crippen LogP contribution in [0.1, 0.15) is 21.1 Å². The number of benzene rings is 1. The highest BCUT2D eigenvalue weighted by Crippen LogP contribution is 2.14.